The minimum atomic E-state index is -1.48. The van der Waals surface area contributed by atoms with Gasteiger partial charge in [-0.1, -0.05) is 0 Å². The van der Waals surface area contributed by atoms with Crippen LogP contribution in [0, 0.1) is 15.9 Å². The molecule has 2 rings (SSSR count). The number of hydrogen-bond acceptors (Lipinski definition) is 4. The van der Waals surface area contributed by atoms with E-state index in [0.29, 0.717) is 6.07 Å². The standard InChI is InChI=1S/C12H12FNO5/c13-9-6-10(14(17)18)8(12(15)16)5-11(9)19-7-3-1-2-4-7/h5-7H,1-4H2,(H,15,16). The van der Waals surface area contributed by atoms with E-state index in [2.05, 4.69) is 0 Å². The molecule has 6 nitrogen and oxygen atoms in total. The minimum absolute atomic E-state index is 0.155. The quantitative estimate of drug-likeness (QED) is 0.670. The fourth-order valence-corrected chi connectivity index (χ4v) is 2.14. The first-order valence-electron chi connectivity index (χ1n) is 5.87. The molecule has 1 fully saturated rings. The molecule has 0 radical (unpaired) electrons. The Morgan fingerprint density at radius 3 is 2.58 bits per heavy atom. The summed E-state index contributed by atoms with van der Waals surface area (Å²) >= 11 is 0. The highest BCUT2D eigenvalue weighted by atomic mass is 19.1. The maximum Gasteiger partial charge on any atom is 0.342 e. The van der Waals surface area contributed by atoms with E-state index < -0.39 is 28.0 Å². The van der Waals surface area contributed by atoms with Crippen LogP contribution in [0.25, 0.3) is 0 Å². The van der Waals surface area contributed by atoms with Crippen LogP contribution in [0.5, 0.6) is 5.75 Å². The molecule has 7 heteroatoms. The Balaban J connectivity index is 2.36. The van der Waals surface area contributed by atoms with Crippen LogP contribution in [0.3, 0.4) is 0 Å². The van der Waals surface area contributed by atoms with E-state index in [4.69, 9.17) is 9.84 Å². The molecule has 1 aliphatic rings. The zero-order valence-corrected chi connectivity index (χ0v) is 9.97. The van der Waals surface area contributed by atoms with Gasteiger partial charge in [0, 0.05) is 6.07 Å². The highest BCUT2D eigenvalue weighted by Crippen LogP contribution is 2.31. The molecule has 0 heterocycles. The number of ether oxygens (including phenoxy) is 1. The molecule has 0 amide bonds. The van der Waals surface area contributed by atoms with Gasteiger partial charge in [-0.3, -0.25) is 10.1 Å². The molecule has 1 aromatic rings. The maximum absolute atomic E-state index is 13.7. The third-order valence-electron chi connectivity index (χ3n) is 3.07. The van der Waals surface area contributed by atoms with Gasteiger partial charge in [-0.15, -0.1) is 0 Å². The number of benzene rings is 1. The zero-order valence-electron chi connectivity index (χ0n) is 9.97. The molecule has 1 saturated carbocycles. The Labute approximate surface area is 108 Å². The van der Waals surface area contributed by atoms with Gasteiger partial charge < -0.3 is 9.84 Å². The number of rotatable bonds is 4. The summed E-state index contributed by atoms with van der Waals surface area (Å²) in [5, 5.41) is 19.6. The third-order valence-corrected chi connectivity index (χ3v) is 3.07. The molecule has 0 aromatic heterocycles. The summed E-state index contributed by atoms with van der Waals surface area (Å²) in [7, 11) is 0. The molecule has 1 aliphatic carbocycles. The van der Waals surface area contributed by atoms with Gasteiger partial charge in [0.15, 0.2) is 11.6 Å². The van der Waals surface area contributed by atoms with E-state index in [0.717, 1.165) is 31.7 Å². The number of nitro benzene ring substituents is 1. The second-order valence-corrected chi connectivity index (χ2v) is 4.39. The van der Waals surface area contributed by atoms with Crippen molar-refractivity contribution in [1.82, 2.24) is 0 Å². The van der Waals surface area contributed by atoms with Crippen molar-refractivity contribution < 1.29 is 24.0 Å². The molecule has 19 heavy (non-hydrogen) atoms. The molecular weight excluding hydrogens is 257 g/mol. The van der Waals surface area contributed by atoms with Gasteiger partial charge in [-0.2, -0.15) is 0 Å². The molecule has 0 aliphatic heterocycles. The van der Waals surface area contributed by atoms with Crippen molar-refractivity contribution in [2.75, 3.05) is 0 Å². The number of aromatic carboxylic acids is 1. The first kappa shape index (κ1) is 13.3. The number of halogens is 1. The zero-order chi connectivity index (χ0) is 14.0. The van der Waals surface area contributed by atoms with Crippen LogP contribution in [0.4, 0.5) is 10.1 Å². The predicted molar refractivity (Wildman–Crippen MR) is 62.9 cm³/mol. The average Bonchev–Trinajstić information content (AvgIpc) is 2.83. The molecule has 0 spiro atoms. The van der Waals surface area contributed by atoms with Crippen molar-refractivity contribution in [1.29, 1.82) is 0 Å². The molecule has 0 atom stereocenters. The number of carboxylic acid groups (broad SMARTS) is 1. The van der Waals surface area contributed by atoms with Crippen LogP contribution in [0.15, 0.2) is 12.1 Å². The SMILES string of the molecule is O=C(O)c1cc(OC2CCCC2)c(F)cc1[N+](=O)[O-]. The fraction of sp³-hybridized carbons (Fsp3) is 0.417. The maximum atomic E-state index is 13.7. The van der Waals surface area contributed by atoms with E-state index in [1.807, 2.05) is 0 Å². The molecule has 102 valence electrons. The summed E-state index contributed by atoms with van der Waals surface area (Å²) < 4.78 is 19.1. The highest BCUT2D eigenvalue weighted by molar-refractivity contribution is 5.92. The summed E-state index contributed by atoms with van der Waals surface area (Å²) in [5.41, 5.74) is -1.34. The molecule has 0 saturated heterocycles. The van der Waals surface area contributed by atoms with Gasteiger partial charge in [0.25, 0.3) is 5.69 Å². The summed E-state index contributed by atoms with van der Waals surface area (Å²) in [4.78, 5) is 20.7. The Hall–Kier alpha value is -2.18. The summed E-state index contributed by atoms with van der Waals surface area (Å²) in [6, 6.07) is 1.47. The van der Waals surface area contributed by atoms with E-state index in [1.165, 1.54) is 0 Å². The average molecular weight is 269 g/mol. The summed E-state index contributed by atoms with van der Waals surface area (Å²) in [6.07, 6.45) is 3.35. The molecule has 1 aromatic carbocycles. The normalized spacial score (nSPS) is 15.4. The van der Waals surface area contributed by atoms with E-state index >= 15 is 0 Å². The highest BCUT2D eigenvalue weighted by Gasteiger charge is 2.26. The molecule has 1 N–H and O–H groups in total. The number of carbonyl (C=O) groups is 1. The van der Waals surface area contributed by atoms with Crippen molar-refractivity contribution in [3.63, 3.8) is 0 Å². The molecular formula is C12H12FNO5. The van der Waals surface area contributed by atoms with Crippen molar-refractivity contribution in [3.05, 3.63) is 33.6 Å². The van der Waals surface area contributed by atoms with Crippen molar-refractivity contribution in [2.45, 2.75) is 31.8 Å². The first-order valence-corrected chi connectivity index (χ1v) is 5.87. The molecule has 0 unspecified atom stereocenters. The lowest BCUT2D eigenvalue weighted by Gasteiger charge is -2.14. The van der Waals surface area contributed by atoms with E-state index in [1.54, 1.807) is 0 Å². The lowest BCUT2D eigenvalue weighted by molar-refractivity contribution is -0.385. The third kappa shape index (κ3) is 2.81. The van der Waals surface area contributed by atoms with Crippen LogP contribution in [-0.2, 0) is 0 Å². The van der Waals surface area contributed by atoms with Crippen LogP contribution < -0.4 is 4.74 Å². The van der Waals surface area contributed by atoms with Crippen molar-refractivity contribution in [2.24, 2.45) is 0 Å². The minimum Gasteiger partial charge on any atom is -0.487 e. The van der Waals surface area contributed by atoms with Gasteiger partial charge in [0.05, 0.1) is 17.1 Å². The Morgan fingerprint density at radius 1 is 1.42 bits per heavy atom. The number of hydrogen-bond donors (Lipinski definition) is 1. The topological polar surface area (TPSA) is 89.7 Å². The second-order valence-electron chi connectivity index (χ2n) is 4.39. The van der Waals surface area contributed by atoms with Gasteiger partial charge >= 0.3 is 5.97 Å². The van der Waals surface area contributed by atoms with Crippen molar-refractivity contribution >= 4 is 11.7 Å². The lowest BCUT2D eigenvalue weighted by Crippen LogP contribution is -2.13. The Morgan fingerprint density at radius 2 is 2.05 bits per heavy atom. The summed E-state index contributed by atoms with van der Waals surface area (Å²) in [5.74, 6) is -2.64. The van der Waals surface area contributed by atoms with Gasteiger partial charge in [0.1, 0.15) is 5.56 Å². The van der Waals surface area contributed by atoms with E-state index in [-0.39, 0.29) is 11.9 Å². The van der Waals surface area contributed by atoms with Gasteiger partial charge in [-0.05, 0) is 25.7 Å². The number of nitro groups is 1. The van der Waals surface area contributed by atoms with Crippen LogP contribution in [0.2, 0.25) is 0 Å². The smallest absolute Gasteiger partial charge is 0.342 e. The van der Waals surface area contributed by atoms with Crippen LogP contribution >= 0.6 is 0 Å². The number of nitrogens with zero attached hydrogens (tertiary/aromatic N) is 1. The Kier molecular flexibility index (Phi) is 3.64. The van der Waals surface area contributed by atoms with Gasteiger partial charge in [0.2, 0.25) is 0 Å². The predicted octanol–water partition coefficient (Wildman–Crippen LogP) is 2.75. The molecule has 0 bridgehead atoms. The first-order chi connectivity index (χ1) is 8.99. The van der Waals surface area contributed by atoms with Crippen molar-refractivity contribution in [3.8, 4) is 5.75 Å². The fourth-order valence-electron chi connectivity index (χ4n) is 2.14. The lowest BCUT2D eigenvalue weighted by atomic mass is 10.1. The largest absolute Gasteiger partial charge is 0.487 e. The summed E-state index contributed by atoms with van der Waals surface area (Å²) in [6.45, 7) is 0. The van der Waals surface area contributed by atoms with Crippen LogP contribution in [0.1, 0.15) is 36.0 Å². The second kappa shape index (κ2) is 5.21. The monoisotopic (exact) mass is 269 g/mol. The van der Waals surface area contributed by atoms with Gasteiger partial charge in [-0.25, -0.2) is 9.18 Å². The number of carboxylic acids is 1. The van der Waals surface area contributed by atoms with E-state index in [9.17, 15) is 19.3 Å². The van der Waals surface area contributed by atoms with Crippen LogP contribution in [-0.4, -0.2) is 22.1 Å². The Bertz CT molecular complexity index is 525.